The first-order valence-corrected chi connectivity index (χ1v) is 6.90. The van der Waals surface area contributed by atoms with Gasteiger partial charge in [0.1, 0.15) is 12.4 Å². The maximum atomic E-state index is 11.3. The van der Waals surface area contributed by atoms with Crippen molar-refractivity contribution in [1.29, 1.82) is 0 Å². The minimum absolute atomic E-state index is 0.216. The first kappa shape index (κ1) is 14.1. The van der Waals surface area contributed by atoms with Crippen molar-refractivity contribution in [2.24, 2.45) is 0 Å². The minimum Gasteiger partial charge on any atom is -0.508 e. The number of amides is 1. The molecule has 0 aliphatic heterocycles. The number of rotatable bonds is 5. The number of carbonyl (C=O) groups is 1. The van der Waals surface area contributed by atoms with Gasteiger partial charge in [0.2, 0.25) is 6.41 Å². The van der Waals surface area contributed by atoms with Crippen molar-refractivity contribution >= 4 is 22.9 Å². The standard InChI is InChI=1S/C18H15NO3/c20-13-19(22-12-14-4-2-1-3-5-14)17-8-6-16-11-18(21)9-7-15(16)10-17/h1-11,13,21H,12H2. The van der Waals surface area contributed by atoms with Gasteiger partial charge in [0.25, 0.3) is 0 Å². The predicted molar refractivity (Wildman–Crippen MR) is 85.4 cm³/mol. The summed E-state index contributed by atoms with van der Waals surface area (Å²) in [6, 6.07) is 20.2. The normalized spacial score (nSPS) is 10.5. The van der Waals surface area contributed by atoms with Crippen molar-refractivity contribution in [1.82, 2.24) is 0 Å². The molecule has 0 radical (unpaired) electrons. The quantitative estimate of drug-likeness (QED) is 0.577. The van der Waals surface area contributed by atoms with Gasteiger partial charge in [-0.2, -0.15) is 5.06 Å². The summed E-state index contributed by atoms with van der Waals surface area (Å²) in [4.78, 5) is 16.8. The molecule has 3 aromatic carbocycles. The summed E-state index contributed by atoms with van der Waals surface area (Å²) in [5, 5.41) is 12.5. The lowest BCUT2D eigenvalue weighted by molar-refractivity contribution is -0.114. The first-order chi connectivity index (χ1) is 10.8. The molecule has 3 aromatic rings. The Hall–Kier alpha value is -2.85. The average molecular weight is 293 g/mol. The molecule has 0 fully saturated rings. The number of nitrogens with zero attached hydrogens (tertiary/aromatic N) is 1. The number of carbonyl (C=O) groups excluding carboxylic acids is 1. The van der Waals surface area contributed by atoms with Crippen LogP contribution in [-0.4, -0.2) is 11.5 Å². The molecular formula is C18H15NO3. The van der Waals surface area contributed by atoms with Crippen molar-refractivity contribution in [2.75, 3.05) is 5.06 Å². The molecule has 4 nitrogen and oxygen atoms in total. The van der Waals surface area contributed by atoms with Gasteiger partial charge in [-0.25, -0.2) is 0 Å². The molecule has 3 rings (SSSR count). The van der Waals surface area contributed by atoms with E-state index in [1.54, 1.807) is 24.3 Å². The van der Waals surface area contributed by atoms with Gasteiger partial charge in [-0.3, -0.25) is 9.63 Å². The van der Waals surface area contributed by atoms with Crippen LogP contribution in [0.4, 0.5) is 5.69 Å². The summed E-state index contributed by atoms with van der Waals surface area (Å²) in [5.74, 6) is 0.216. The predicted octanol–water partition coefficient (Wildman–Crippen LogP) is 3.64. The third-order valence-corrected chi connectivity index (χ3v) is 3.37. The molecule has 0 heterocycles. The van der Waals surface area contributed by atoms with Crippen molar-refractivity contribution in [3.05, 3.63) is 72.3 Å². The Morgan fingerprint density at radius 1 is 0.955 bits per heavy atom. The van der Waals surface area contributed by atoms with Crippen LogP contribution in [0.1, 0.15) is 5.56 Å². The van der Waals surface area contributed by atoms with Gasteiger partial charge in [-0.1, -0.05) is 42.5 Å². The summed E-state index contributed by atoms with van der Waals surface area (Å²) in [5.41, 5.74) is 1.63. The Labute approximate surface area is 128 Å². The number of benzene rings is 3. The summed E-state index contributed by atoms with van der Waals surface area (Å²) in [6.07, 6.45) is 0.643. The number of phenols is 1. The fourth-order valence-electron chi connectivity index (χ4n) is 2.24. The van der Waals surface area contributed by atoms with E-state index in [0.717, 1.165) is 16.3 Å². The highest BCUT2D eigenvalue weighted by Crippen LogP contribution is 2.25. The zero-order chi connectivity index (χ0) is 15.4. The van der Waals surface area contributed by atoms with Crippen molar-refractivity contribution < 1.29 is 14.7 Å². The second-order valence-corrected chi connectivity index (χ2v) is 4.91. The molecule has 0 bridgehead atoms. The van der Waals surface area contributed by atoms with Crippen molar-refractivity contribution in [2.45, 2.75) is 6.61 Å². The summed E-state index contributed by atoms with van der Waals surface area (Å²) in [7, 11) is 0. The molecule has 0 spiro atoms. The Bertz CT molecular complexity index is 787. The molecule has 0 saturated carbocycles. The van der Waals surface area contributed by atoms with Crippen LogP contribution in [0, 0.1) is 0 Å². The van der Waals surface area contributed by atoms with Gasteiger partial charge in [-0.05, 0) is 40.6 Å². The number of aromatic hydroxyl groups is 1. The molecule has 110 valence electrons. The molecule has 0 aliphatic rings. The number of hydroxylamine groups is 1. The van der Waals surface area contributed by atoms with E-state index in [4.69, 9.17) is 4.84 Å². The SMILES string of the molecule is O=CN(OCc1ccccc1)c1ccc2cc(O)ccc2c1. The number of phenolic OH excluding ortho intramolecular Hbond substituents is 1. The maximum absolute atomic E-state index is 11.3. The second kappa shape index (κ2) is 6.28. The van der Waals surface area contributed by atoms with Gasteiger partial charge in [0.05, 0.1) is 5.69 Å². The van der Waals surface area contributed by atoms with E-state index in [2.05, 4.69) is 0 Å². The molecule has 22 heavy (non-hydrogen) atoms. The highest BCUT2D eigenvalue weighted by molar-refractivity contribution is 5.88. The number of fused-ring (bicyclic) bond motifs is 1. The van der Waals surface area contributed by atoms with Gasteiger partial charge in [0, 0.05) is 0 Å². The van der Waals surface area contributed by atoms with E-state index in [0.29, 0.717) is 18.7 Å². The Morgan fingerprint density at radius 3 is 2.45 bits per heavy atom. The van der Waals surface area contributed by atoms with Crippen LogP contribution in [-0.2, 0) is 16.2 Å². The Morgan fingerprint density at radius 2 is 1.68 bits per heavy atom. The average Bonchev–Trinajstić information content (AvgIpc) is 2.56. The van der Waals surface area contributed by atoms with Crippen LogP contribution in [0.2, 0.25) is 0 Å². The summed E-state index contributed by atoms with van der Waals surface area (Å²) < 4.78 is 0. The molecule has 4 heteroatoms. The van der Waals surface area contributed by atoms with E-state index in [-0.39, 0.29) is 5.75 Å². The molecule has 1 N–H and O–H groups in total. The molecule has 0 unspecified atom stereocenters. The van der Waals surface area contributed by atoms with Crippen LogP contribution in [0.3, 0.4) is 0 Å². The lowest BCUT2D eigenvalue weighted by Crippen LogP contribution is -2.21. The number of hydrogen-bond acceptors (Lipinski definition) is 3. The first-order valence-electron chi connectivity index (χ1n) is 6.90. The fraction of sp³-hybridized carbons (Fsp3) is 0.0556. The minimum atomic E-state index is 0.216. The maximum Gasteiger partial charge on any atom is 0.238 e. The summed E-state index contributed by atoms with van der Waals surface area (Å²) in [6.45, 7) is 0.313. The van der Waals surface area contributed by atoms with Crippen LogP contribution >= 0.6 is 0 Å². The number of hydrogen-bond donors (Lipinski definition) is 1. The van der Waals surface area contributed by atoms with E-state index in [1.165, 1.54) is 5.06 Å². The van der Waals surface area contributed by atoms with E-state index >= 15 is 0 Å². The highest BCUT2D eigenvalue weighted by atomic mass is 16.7. The second-order valence-electron chi connectivity index (χ2n) is 4.91. The van der Waals surface area contributed by atoms with Crippen molar-refractivity contribution in [3.63, 3.8) is 0 Å². The van der Waals surface area contributed by atoms with Gasteiger partial charge >= 0.3 is 0 Å². The lowest BCUT2D eigenvalue weighted by atomic mass is 10.1. The molecular weight excluding hydrogens is 278 g/mol. The topological polar surface area (TPSA) is 49.8 Å². The summed E-state index contributed by atoms with van der Waals surface area (Å²) >= 11 is 0. The van der Waals surface area contributed by atoms with Crippen molar-refractivity contribution in [3.8, 4) is 5.75 Å². The highest BCUT2D eigenvalue weighted by Gasteiger charge is 2.07. The Kier molecular flexibility index (Phi) is 4.03. The van der Waals surface area contributed by atoms with Gasteiger partial charge in [0.15, 0.2) is 0 Å². The number of anilines is 1. The monoisotopic (exact) mass is 293 g/mol. The third kappa shape index (κ3) is 3.07. The van der Waals surface area contributed by atoms with E-state index in [9.17, 15) is 9.90 Å². The van der Waals surface area contributed by atoms with Crippen LogP contribution in [0.15, 0.2) is 66.7 Å². The van der Waals surface area contributed by atoms with Crippen LogP contribution in [0.5, 0.6) is 5.75 Å². The smallest absolute Gasteiger partial charge is 0.238 e. The molecule has 0 aliphatic carbocycles. The van der Waals surface area contributed by atoms with Crippen LogP contribution < -0.4 is 5.06 Å². The Balaban J connectivity index is 1.81. The fourth-order valence-corrected chi connectivity index (χ4v) is 2.24. The molecule has 1 amide bonds. The molecule has 0 aromatic heterocycles. The third-order valence-electron chi connectivity index (χ3n) is 3.37. The van der Waals surface area contributed by atoms with E-state index in [1.807, 2.05) is 42.5 Å². The zero-order valence-corrected chi connectivity index (χ0v) is 11.8. The zero-order valence-electron chi connectivity index (χ0n) is 11.8. The van der Waals surface area contributed by atoms with Gasteiger partial charge < -0.3 is 5.11 Å². The van der Waals surface area contributed by atoms with E-state index < -0.39 is 0 Å². The van der Waals surface area contributed by atoms with Gasteiger partial charge in [-0.15, -0.1) is 0 Å². The largest absolute Gasteiger partial charge is 0.508 e. The molecule has 0 atom stereocenters. The lowest BCUT2D eigenvalue weighted by Gasteiger charge is -2.17. The van der Waals surface area contributed by atoms with Crippen LogP contribution in [0.25, 0.3) is 10.8 Å². The molecule has 0 saturated heterocycles.